The van der Waals surface area contributed by atoms with Gasteiger partial charge in [0.25, 0.3) is 5.91 Å². The molecule has 1 amide bonds. The van der Waals surface area contributed by atoms with Crippen molar-refractivity contribution in [2.75, 3.05) is 26.2 Å². The summed E-state index contributed by atoms with van der Waals surface area (Å²) in [5, 5.41) is 11.5. The molecule has 21 heavy (non-hydrogen) atoms. The molecule has 2 unspecified atom stereocenters. The number of hydrogen-bond donors (Lipinski definition) is 2. The van der Waals surface area contributed by atoms with Crippen molar-refractivity contribution in [3.63, 3.8) is 0 Å². The Morgan fingerprint density at radius 3 is 2.95 bits per heavy atom. The van der Waals surface area contributed by atoms with E-state index in [1.807, 2.05) is 0 Å². The lowest BCUT2D eigenvalue weighted by atomic mass is 10.2. The van der Waals surface area contributed by atoms with Crippen LogP contribution in [-0.4, -0.2) is 60.3 Å². The fourth-order valence-electron chi connectivity index (χ4n) is 2.88. The van der Waals surface area contributed by atoms with Crippen molar-refractivity contribution in [1.29, 1.82) is 0 Å². The molecule has 0 bridgehead atoms. The van der Waals surface area contributed by atoms with E-state index in [9.17, 15) is 9.59 Å². The molecule has 1 aromatic heterocycles. The molecular weight excluding hydrogens is 276 g/mol. The van der Waals surface area contributed by atoms with Gasteiger partial charge in [0.05, 0.1) is 12.7 Å². The Kier molecular flexibility index (Phi) is 3.94. The van der Waals surface area contributed by atoms with Crippen molar-refractivity contribution >= 4 is 11.9 Å². The van der Waals surface area contributed by atoms with Crippen LogP contribution in [0.3, 0.4) is 0 Å². The molecule has 0 radical (unpaired) electrons. The molecule has 0 aliphatic carbocycles. The number of morpholine rings is 1. The summed E-state index contributed by atoms with van der Waals surface area (Å²) < 4.78 is 10.7. The van der Waals surface area contributed by atoms with Crippen LogP contribution in [0.25, 0.3) is 0 Å². The first-order chi connectivity index (χ1) is 10.1. The molecule has 3 rings (SSSR count). The average molecular weight is 294 g/mol. The molecule has 2 aliphatic rings. The largest absolute Gasteiger partial charge is 0.475 e. The van der Waals surface area contributed by atoms with Gasteiger partial charge >= 0.3 is 5.97 Å². The minimum atomic E-state index is -1.19. The van der Waals surface area contributed by atoms with Crippen molar-refractivity contribution in [2.24, 2.45) is 0 Å². The maximum absolute atomic E-state index is 11.9. The van der Waals surface area contributed by atoms with Crippen LogP contribution >= 0.6 is 0 Å². The van der Waals surface area contributed by atoms with Crippen LogP contribution in [0.5, 0.6) is 0 Å². The van der Waals surface area contributed by atoms with E-state index >= 15 is 0 Å². The molecule has 3 heterocycles. The van der Waals surface area contributed by atoms with E-state index in [4.69, 9.17) is 14.3 Å². The molecule has 2 aliphatic heterocycles. The number of carbonyl (C=O) groups excluding carboxylic acids is 1. The van der Waals surface area contributed by atoms with Crippen LogP contribution in [0.2, 0.25) is 0 Å². The summed E-state index contributed by atoms with van der Waals surface area (Å²) in [5.74, 6) is -1.85. The molecular formula is C14H18N2O5. The first-order valence-corrected chi connectivity index (χ1v) is 7.10. The summed E-state index contributed by atoms with van der Waals surface area (Å²) in [6.45, 7) is 3.03. The van der Waals surface area contributed by atoms with E-state index in [-0.39, 0.29) is 17.6 Å². The van der Waals surface area contributed by atoms with Crippen LogP contribution in [0.1, 0.15) is 34.0 Å². The number of hydrogen-bond acceptors (Lipinski definition) is 5. The van der Waals surface area contributed by atoms with Crippen molar-refractivity contribution in [3.8, 4) is 0 Å². The molecule has 0 saturated carbocycles. The smallest absolute Gasteiger partial charge is 0.371 e. The summed E-state index contributed by atoms with van der Waals surface area (Å²) >= 11 is 0. The third-order valence-electron chi connectivity index (χ3n) is 3.99. The first-order valence-electron chi connectivity index (χ1n) is 7.10. The molecule has 2 saturated heterocycles. The Morgan fingerprint density at radius 2 is 2.19 bits per heavy atom. The quantitative estimate of drug-likeness (QED) is 0.843. The van der Waals surface area contributed by atoms with Crippen molar-refractivity contribution in [3.05, 3.63) is 23.7 Å². The van der Waals surface area contributed by atoms with Gasteiger partial charge in [-0.1, -0.05) is 0 Å². The lowest BCUT2D eigenvalue weighted by Crippen LogP contribution is -2.50. The van der Waals surface area contributed by atoms with E-state index in [0.717, 1.165) is 13.1 Å². The molecule has 2 fully saturated rings. The van der Waals surface area contributed by atoms with Gasteiger partial charge in [0.15, 0.2) is 5.76 Å². The van der Waals surface area contributed by atoms with E-state index in [1.54, 1.807) is 0 Å². The van der Waals surface area contributed by atoms with Crippen molar-refractivity contribution < 1.29 is 23.8 Å². The van der Waals surface area contributed by atoms with Crippen molar-refractivity contribution in [2.45, 2.75) is 25.0 Å². The van der Waals surface area contributed by atoms with Crippen LogP contribution in [0, 0.1) is 0 Å². The molecule has 0 spiro atoms. The van der Waals surface area contributed by atoms with Gasteiger partial charge in [0, 0.05) is 19.1 Å². The van der Waals surface area contributed by atoms with E-state index in [0.29, 0.717) is 19.2 Å². The van der Waals surface area contributed by atoms with Crippen LogP contribution in [0.4, 0.5) is 0 Å². The van der Waals surface area contributed by atoms with Crippen molar-refractivity contribution in [1.82, 2.24) is 10.2 Å². The van der Waals surface area contributed by atoms with Gasteiger partial charge in [0.2, 0.25) is 5.76 Å². The summed E-state index contributed by atoms with van der Waals surface area (Å²) in [7, 11) is 0. The number of ether oxygens (including phenoxy) is 1. The second-order valence-corrected chi connectivity index (χ2v) is 5.43. The van der Waals surface area contributed by atoms with Gasteiger partial charge in [0.1, 0.15) is 0 Å². The fraction of sp³-hybridized carbons (Fsp3) is 0.571. The monoisotopic (exact) mass is 294 g/mol. The molecule has 7 nitrogen and oxygen atoms in total. The highest BCUT2D eigenvalue weighted by Crippen LogP contribution is 2.22. The molecule has 7 heteroatoms. The normalized spacial score (nSPS) is 25.5. The van der Waals surface area contributed by atoms with Crippen LogP contribution < -0.4 is 5.32 Å². The number of carbonyl (C=O) groups is 2. The number of amides is 1. The maximum atomic E-state index is 11.9. The predicted octanol–water partition coefficient (Wildman–Crippen LogP) is 0.571. The van der Waals surface area contributed by atoms with Gasteiger partial charge < -0.3 is 19.6 Å². The third kappa shape index (κ3) is 3.08. The zero-order valence-electron chi connectivity index (χ0n) is 11.6. The summed E-state index contributed by atoms with van der Waals surface area (Å²) in [6, 6.07) is 3.15. The number of nitrogens with one attached hydrogen (secondary N) is 1. The number of rotatable bonds is 4. The van der Waals surface area contributed by atoms with Gasteiger partial charge in [-0.15, -0.1) is 0 Å². The second-order valence-electron chi connectivity index (χ2n) is 5.43. The SMILES string of the molecule is O=C(O)c1ccc(C(=O)NCC2CN3CCCC3CO2)o1. The first kappa shape index (κ1) is 14.1. The minimum Gasteiger partial charge on any atom is -0.475 e. The highest BCUT2D eigenvalue weighted by molar-refractivity contribution is 5.93. The molecule has 2 atom stereocenters. The number of fused-ring (bicyclic) bond motifs is 1. The standard InChI is InChI=1S/C14H18N2O5/c17-13(11-3-4-12(21-11)14(18)19)15-6-10-7-16-5-1-2-9(16)8-20-10/h3-4,9-10H,1-2,5-8H2,(H,15,17)(H,18,19). The summed E-state index contributed by atoms with van der Waals surface area (Å²) in [4.78, 5) is 25.0. The Morgan fingerprint density at radius 1 is 1.38 bits per heavy atom. The Bertz CT molecular complexity index is 541. The Labute approximate surface area is 121 Å². The number of nitrogens with zero attached hydrogens (tertiary/aromatic N) is 1. The molecule has 1 aromatic rings. The van der Waals surface area contributed by atoms with Gasteiger partial charge in [-0.05, 0) is 31.5 Å². The minimum absolute atomic E-state index is 0.00209. The average Bonchev–Trinajstić information content (AvgIpc) is 3.12. The van der Waals surface area contributed by atoms with Gasteiger partial charge in [-0.25, -0.2) is 4.79 Å². The maximum Gasteiger partial charge on any atom is 0.371 e. The van der Waals surface area contributed by atoms with Crippen LogP contribution in [0.15, 0.2) is 16.5 Å². The van der Waals surface area contributed by atoms with Gasteiger partial charge in [-0.3, -0.25) is 9.69 Å². The number of carboxylic acids is 1. The number of aromatic carboxylic acids is 1. The van der Waals surface area contributed by atoms with E-state index in [2.05, 4.69) is 10.2 Å². The van der Waals surface area contributed by atoms with Gasteiger partial charge in [-0.2, -0.15) is 0 Å². The Balaban J connectivity index is 1.50. The fourth-order valence-corrected chi connectivity index (χ4v) is 2.88. The summed E-state index contributed by atoms with van der Waals surface area (Å²) in [5.41, 5.74) is 0. The topological polar surface area (TPSA) is 92.0 Å². The highest BCUT2D eigenvalue weighted by atomic mass is 16.5. The molecule has 2 N–H and O–H groups in total. The molecule has 0 aromatic carbocycles. The zero-order valence-corrected chi connectivity index (χ0v) is 11.6. The highest BCUT2D eigenvalue weighted by Gasteiger charge is 2.32. The lowest BCUT2D eigenvalue weighted by Gasteiger charge is -2.35. The number of furan rings is 1. The van der Waals surface area contributed by atoms with Crippen LogP contribution in [-0.2, 0) is 4.74 Å². The Hall–Kier alpha value is -1.86. The zero-order chi connectivity index (χ0) is 14.8. The molecule has 114 valence electrons. The van der Waals surface area contributed by atoms with E-state index < -0.39 is 11.9 Å². The number of carboxylic acid groups (broad SMARTS) is 1. The third-order valence-corrected chi connectivity index (χ3v) is 3.99. The lowest BCUT2D eigenvalue weighted by molar-refractivity contribution is -0.0462. The van der Waals surface area contributed by atoms with E-state index in [1.165, 1.54) is 25.0 Å². The second kappa shape index (κ2) is 5.87. The summed E-state index contributed by atoms with van der Waals surface area (Å²) in [6.07, 6.45) is 2.36. The predicted molar refractivity (Wildman–Crippen MR) is 72.3 cm³/mol.